The number of benzene rings is 1. The zero-order valence-corrected chi connectivity index (χ0v) is 10.9. The van der Waals surface area contributed by atoms with Crippen molar-refractivity contribution in [3.05, 3.63) is 60.2 Å². The third kappa shape index (κ3) is 2.26. The van der Waals surface area contributed by atoms with Crippen LogP contribution in [0.25, 0.3) is 22.2 Å². The minimum atomic E-state index is -0.721. The van der Waals surface area contributed by atoms with E-state index in [-0.39, 0.29) is 5.82 Å². The Morgan fingerprint density at radius 2 is 2.00 bits per heavy atom. The average Bonchev–Trinajstić information content (AvgIpc) is 2.46. The number of hydrogen-bond donors (Lipinski definition) is 1. The summed E-state index contributed by atoms with van der Waals surface area (Å²) in [5.41, 5.74) is 2.63. The number of fused-ring (bicyclic) bond motifs is 1. The van der Waals surface area contributed by atoms with E-state index in [1.54, 1.807) is 19.2 Å². The SMILES string of the molecule is CC(O)c1nc2ccc(F)cc2cc1-c1ccccn1. The van der Waals surface area contributed by atoms with Gasteiger partial charge in [0.15, 0.2) is 0 Å². The maximum Gasteiger partial charge on any atom is 0.123 e. The molecular formula is C16H13FN2O. The van der Waals surface area contributed by atoms with Gasteiger partial charge in [0.1, 0.15) is 5.82 Å². The Labute approximate surface area is 115 Å². The summed E-state index contributed by atoms with van der Waals surface area (Å²) in [5, 5.41) is 10.6. The molecule has 2 aromatic heterocycles. The quantitative estimate of drug-likeness (QED) is 0.773. The zero-order chi connectivity index (χ0) is 14.1. The molecule has 1 unspecified atom stereocenters. The van der Waals surface area contributed by atoms with Crippen molar-refractivity contribution in [2.75, 3.05) is 0 Å². The van der Waals surface area contributed by atoms with Gasteiger partial charge in [-0.1, -0.05) is 6.07 Å². The molecule has 0 saturated carbocycles. The minimum Gasteiger partial charge on any atom is -0.387 e. The van der Waals surface area contributed by atoms with Gasteiger partial charge in [0.2, 0.25) is 0 Å². The summed E-state index contributed by atoms with van der Waals surface area (Å²) in [5.74, 6) is -0.309. The molecule has 3 aromatic rings. The molecule has 3 rings (SSSR count). The number of hydrogen-bond acceptors (Lipinski definition) is 3. The number of aliphatic hydroxyl groups excluding tert-OH is 1. The smallest absolute Gasteiger partial charge is 0.123 e. The summed E-state index contributed by atoms with van der Waals surface area (Å²) in [6, 6.07) is 11.7. The summed E-state index contributed by atoms with van der Waals surface area (Å²) in [4.78, 5) is 8.71. The van der Waals surface area contributed by atoms with E-state index in [0.717, 1.165) is 5.56 Å². The van der Waals surface area contributed by atoms with Crippen LogP contribution in [0.15, 0.2) is 48.7 Å². The van der Waals surface area contributed by atoms with Crippen molar-refractivity contribution < 1.29 is 9.50 Å². The molecule has 0 bridgehead atoms. The van der Waals surface area contributed by atoms with E-state index >= 15 is 0 Å². The number of aromatic nitrogens is 2. The van der Waals surface area contributed by atoms with Crippen LogP contribution in [0.4, 0.5) is 4.39 Å². The second kappa shape index (κ2) is 4.98. The van der Waals surface area contributed by atoms with Crippen molar-refractivity contribution >= 4 is 10.9 Å². The van der Waals surface area contributed by atoms with E-state index in [0.29, 0.717) is 22.3 Å². The Bertz CT molecular complexity index is 757. The van der Waals surface area contributed by atoms with Crippen molar-refractivity contribution in [3.63, 3.8) is 0 Å². The molecule has 0 spiro atoms. The standard InChI is InChI=1S/C16H13FN2O/c1-10(20)16-13(15-4-2-3-7-18-15)9-11-8-12(17)5-6-14(11)19-16/h2-10,20H,1H3. The zero-order valence-electron chi connectivity index (χ0n) is 10.9. The van der Waals surface area contributed by atoms with Gasteiger partial charge in [-0.3, -0.25) is 4.98 Å². The largest absolute Gasteiger partial charge is 0.387 e. The first-order valence-electron chi connectivity index (χ1n) is 6.35. The van der Waals surface area contributed by atoms with E-state index in [4.69, 9.17) is 0 Å². The van der Waals surface area contributed by atoms with Crippen LogP contribution in [0.2, 0.25) is 0 Å². The second-order valence-corrected chi connectivity index (χ2v) is 4.65. The molecule has 1 atom stereocenters. The molecule has 3 nitrogen and oxygen atoms in total. The molecule has 1 aromatic carbocycles. The van der Waals surface area contributed by atoms with E-state index in [2.05, 4.69) is 9.97 Å². The average molecular weight is 268 g/mol. The van der Waals surface area contributed by atoms with Gasteiger partial charge >= 0.3 is 0 Å². The van der Waals surface area contributed by atoms with Gasteiger partial charge in [0.05, 0.1) is 23.0 Å². The summed E-state index contributed by atoms with van der Waals surface area (Å²) in [7, 11) is 0. The number of nitrogens with zero attached hydrogens (tertiary/aromatic N) is 2. The normalized spacial score (nSPS) is 12.6. The number of pyridine rings is 2. The Balaban J connectivity index is 2.30. The van der Waals surface area contributed by atoms with Crippen LogP contribution in [-0.2, 0) is 0 Å². The Morgan fingerprint density at radius 3 is 2.70 bits per heavy atom. The van der Waals surface area contributed by atoms with Crippen molar-refractivity contribution in [3.8, 4) is 11.3 Å². The first kappa shape index (κ1) is 12.7. The lowest BCUT2D eigenvalue weighted by molar-refractivity contribution is 0.195. The van der Waals surface area contributed by atoms with Crippen LogP contribution in [-0.4, -0.2) is 15.1 Å². The van der Waals surface area contributed by atoms with Crippen LogP contribution >= 0.6 is 0 Å². The molecular weight excluding hydrogens is 255 g/mol. The van der Waals surface area contributed by atoms with E-state index in [1.807, 2.05) is 24.3 Å². The number of rotatable bonds is 2. The molecule has 2 heterocycles. The fraction of sp³-hybridized carbons (Fsp3) is 0.125. The first-order valence-corrected chi connectivity index (χ1v) is 6.35. The fourth-order valence-corrected chi connectivity index (χ4v) is 2.21. The van der Waals surface area contributed by atoms with Crippen LogP contribution in [0, 0.1) is 5.82 Å². The maximum atomic E-state index is 13.3. The second-order valence-electron chi connectivity index (χ2n) is 4.65. The topological polar surface area (TPSA) is 46.0 Å². The lowest BCUT2D eigenvalue weighted by Crippen LogP contribution is -2.01. The summed E-state index contributed by atoms with van der Waals surface area (Å²) >= 11 is 0. The molecule has 20 heavy (non-hydrogen) atoms. The highest BCUT2D eigenvalue weighted by atomic mass is 19.1. The highest BCUT2D eigenvalue weighted by molar-refractivity contribution is 5.84. The molecule has 0 fully saturated rings. The van der Waals surface area contributed by atoms with Gasteiger partial charge in [-0.2, -0.15) is 0 Å². The van der Waals surface area contributed by atoms with Gasteiger partial charge in [0.25, 0.3) is 0 Å². The van der Waals surface area contributed by atoms with E-state index in [1.165, 1.54) is 12.1 Å². The van der Waals surface area contributed by atoms with Gasteiger partial charge < -0.3 is 5.11 Å². The molecule has 0 saturated heterocycles. The summed E-state index contributed by atoms with van der Waals surface area (Å²) in [6.45, 7) is 1.66. The molecule has 0 radical (unpaired) electrons. The van der Waals surface area contributed by atoms with Gasteiger partial charge in [-0.05, 0) is 43.3 Å². The lowest BCUT2D eigenvalue weighted by Gasteiger charge is -2.12. The van der Waals surface area contributed by atoms with Gasteiger partial charge in [0, 0.05) is 17.1 Å². The highest BCUT2D eigenvalue weighted by Gasteiger charge is 2.14. The monoisotopic (exact) mass is 268 g/mol. The van der Waals surface area contributed by atoms with Crippen LogP contribution in [0.1, 0.15) is 18.7 Å². The van der Waals surface area contributed by atoms with E-state index < -0.39 is 6.10 Å². The molecule has 1 N–H and O–H groups in total. The maximum absolute atomic E-state index is 13.3. The molecule has 0 amide bonds. The predicted molar refractivity (Wildman–Crippen MR) is 75.6 cm³/mol. The first-order chi connectivity index (χ1) is 9.65. The lowest BCUT2D eigenvalue weighted by atomic mass is 10.0. The van der Waals surface area contributed by atoms with Crippen LogP contribution in [0.5, 0.6) is 0 Å². The third-order valence-corrected chi connectivity index (χ3v) is 3.14. The molecule has 0 aliphatic heterocycles. The summed E-state index contributed by atoms with van der Waals surface area (Å²) in [6.07, 6.45) is 0.957. The van der Waals surface area contributed by atoms with Crippen molar-refractivity contribution in [2.45, 2.75) is 13.0 Å². The molecule has 0 aliphatic rings. The Kier molecular flexibility index (Phi) is 3.16. The van der Waals surface area contributed by atoms with Crippen molar-refractivity contribution in [1.82, 2.24) is 9.97 Å². The van der Waals surface area contributed by atoms with Crippen molar-refractivity contribution in [1.29, 1.82) is 0 Å². The van der Waals surface area contributed by atoms with Crippen molar-refractivity contribution in [2.24, 2.45) is 0 Å². The highest BCUT2D eigenvalue weighted by Crippen LogP contribution is 2.29. The molecule has 100 valence electrons. The Morgan fingerprint density at radius 1 is 1.15 bits per heavy atom. The van der Waals surface area contributed by atoms with E-state index in [9.17, 15) is 9.50 Å². The summed E-state index contributed by atoms with van der Waals surface area (Å²) < 4.78 is 13.3. The number of aliphatic hydroxyl groups is 1. The fourth-order valence-electron chi connectivity index (χ4n) is 2.21. The predicted octanol–water partition coefficient (Wildman–Crippen LogP) is 3.49. The van der Waals surface area contributed by atoms with Crippen LogP contribution in [0.3, 0.4) is 0 Å². The molecule has 4 heteroatoms. The Hall–Kier alpha value is -2.33. The van der Waals surface area contributed by atoms with Gasteiger partial charge in [-0.15, -0.1) is 0 Å². The van der Waals surface area contributed by atoms with Crippen LogP contribution < -0.4 is 0 Å². The number of halogens is 1. The molecule has 0 aliphatic carbocycles. The third-order valence-electron chi connectivity index (χ3n) is 3.14. The van der Waals surface area contributed by atoms with Gasteiger partial charge in [-0.25, -0.2) is 9.37 Å². The minimum absolute atomic E-state index is 0.309.